The van der Waals surface area contributed by atoms with E-state index in [2.05, 4.69) is 4.98 Å². The second-order valence-electron chi connectivity index (χ2n) is 8.94. The van der Waals surface area contributed by atoms with E-state index in [9.17, 15) is 20.3 Å². The van der Waals surface area contributed by atoms with Crippen LogP contribution in [-0.4, -0.2) is 55.2 Å². The van der Waals surface area contributed by atoms with Crippen LogP contribution >= 0.6 is 0 Å². The van der Waals surface area contributed by atoms with Crippen molar-refractivity contribution < 1.29 is 24.6 Å². The van der Waals surface area contributed by atoms with E-state index in [-0.39, 0.29) is 24.4 Å². The third-order valence-electron chi connectivity index (χ3n) is 6.16. The summed E-state index contributed by atoms with van der Waals surface area (Å²) in [5, 5.41) is 31.8. The third-order valence-corrected chi connectivity index (χ3v) is 6.16. The van der Waals surface area contributed by atoms with Gasteiger partial charge in [0.15, 0.2) is 0 Å². The number of aromatic amines is 1. The summed E-state index contributed by atoms with van der Waals surface area (Å²) in [5.41, 5.74) is -1.46. The van der Waals surface area contributed by atoms with Crippen LogP contribution in [-0.2, 0) is 15.9 Å². The molecule has 0 amide bonds. The fourth-order valence-electron chi connectivity index (χ4n) is 4.22. The van der Waals surface area contributed by atoms with Crippen molar-refractivity contribution in [2.75, 3.05) is 0 Å². The van der Waals surface area contributed by atoms with Gasteiger partial charge in [-0.1, -0.05) is 0 Å². The van der Waals surface area contributed by atoms with E-state index in [1.807, 2.05) is 13.8 Å². The molecule has 152 valence electrons. The van der Waals surface area contributed by atoms with Crippen LogP contribution < -0.4 is 0 Å². The standard InChI is InChI=1S/C19H30N2O6/c1-17(2,23)14-5-8-19(4,26-14)15-6-7-18(3,27-15)13(22)9-12-10-16(20-11-12)21(24)25/h10-11,13-15,20,22-23H,5-9H2,1-4H3/t13-,14+,15-,18+,19+/m0/s1. The Morgan fingerprint density at radius 1 is 1.37 bits per heavy atom. The highest BCUT2D eigenvalue weighted by Crippen LogP contribution is 2.46. The summed E-state index contributed by atoms with van der Waals surface area (Å²) in [6.07, 6.45) is 3.65. The molecular formula is C19H30N2O6. The number of nitrogens with zero attached hydrogens (tertiary/aromatic N) is 1. The fraction of sp³-hybridized carbons (Fsp3) is 0.789. The van der Waals surface area contributed by atoms with Gasteiger partial charge in [0.1, 0.15) is 0 Å². The molecule has 8 nitrogen and oxygen atoms in total. The topological polar surface area (TPSA) is 118 Å². The zero-order valence-electron chi connectivity index (χ0n) is 16.4. The molecule has 5 atom stereocenters. The lowest BCUT2D eigenvalue weighted by Crippen LogP contribution is -2.47. The van der Waals surface area contributed by atoms with Crippen molar-refractivity contribution in [2.24, 2.45) is 0 Å². The maximum Gasteiger partial charge on any atom is 0.321 e. The summed E-state index contributed by atoms with van der Waals surface area (Å²) >= 11 is 0. The van der Waals surface area contributed by atoms with E-state index >= 15 is 0 Å². The molecule has 0 aromatic carbocycles. The van der Waals surface area contributed by atoms with Crippen molar-refractivity contribution in [1.29, 1.82) is 0 Å². The van der Waals surface area contributed by atoms with Gasteiger partial charge in [-0.3, -0.25) is 0 Å². The van der Waals surface area contributed by atoms with Crippen molar-refractivity contribution >= 4 is 5.82 Å². The molecule has 2 aliphatic heterocycles. The van der Waals surface area contributed by atoms with Crippen LogP contribution in [0.25, 0.3) is 0 Å². The fourth-order valence-corrected chi connectivity index (χ4v) is 4.22. The first-order chi connectivity index (χ1) is 12.4. The van der Waals surface area contributed by atoms with Gasteiger partial charge < -0.3 is 29.8 Å². The first kappa shape index (κ1) is 20.3. The van der Waals surface area contributed by atoms with Gasteiger partial charge in [0.2, 0.25) is 0 Å². The maximum atomic E-state index is 10.8. The number of nitrogens with one attached hydrogen (secondary N) is 1. The van der Waals surface area contributed by atoms with Crippen molar-refractivity contribution in [1.82, 2.24) is 4.98 Å². The summed E-state index contributed by atoms with van der Waals surface area (Å²) in [5.74, 6) is -0.0860. The summed E-state index contributed by atoms with van der Waals surface area (Å²) in [6.45, 7) is 7.40. The second kappa shape index (κ2) is 6.84. The molecule has 0 saturated carbocycles. The molecule has 1 aromatic heterocycles. The Hall–Kier alpha value is -1.48. The zero-order valence-corrected chi connectivity index (χ0v) is 16.4. The third kappa shape index (κ3) is 4.03. The van der Waals surface area contributed by atoms with Gasteiger partial charge in [-0.15, -0.1) is 0 Å². The molecule has 3 N–H and O–H groups in total. The molecule has 0 spiro atoms. The lowest BCUT2D eigenvalue weighted by atomic mass is 9.89. The van der Waals surface area contributed by atoms with E-state index in [1.54, 1.807) is 20.0 Å². The first-order valence-corrected chi connectivity index (χ1v) is 9.51. The number of aliphatic hydroxyl groups is 2. The molecular weight excluding hydrogens is 352 g/mol. The molecule has 27 heavy (non-hydrogen) atoms. The minimum Gasteiger partial charge on any atom is -0.390 e. The highest BCUT2D eigenvalue weighted by molar-refractivity contribution is 5.27. The van der Waals surface area contributed by atoms with Crippen molar-refractivity contribution in [2.45, 2.75) is 94.9 Å². The number of aliphatic hydroxyl groups excluding tert-OH is 1. The SMILES string of the molecule is CC(C)(O)[C@H]1CC[C@](C)([C@@H]2CC[C@](C)([C@@H](O)Cc3c[nH]c([N+](=O)[O-])c3)O2)O1. The van der Waals surface area contributed by atoms with Crippen LogP contribution in [0.2, 0.25) is 0 Å². The highest BCUT2D eigenvalue weighted by atomic mass is 16.6. The molecule has 2 fully saturated rings. The van der Waals surface area contributed by atoms with Gasteiger partial charge in [-0.05, 0) is 58.3 Å². The molecule has 1 aromatic rings. The van der Waals surface area contributed by atoms with Crippen LogP contribution in [0.1, 0.15) is 58.9 Å². The Kier molecular flexibility index (Phi) is 5.14. The molecule has 3 heterocycles. The monoisotopic (exact) mass is 382 g/mol. The van der Waals surface area contributed by atoms with E-state index in [0.717, 1.165) is 19.3 Å². The van der Waals surface area contributed by atoms with Gasteiger partial charge >= 0.3 is 5.82 Å². The Morgan fingerprint density at radius 2 is 2.07 bits per heavy atom. The second-order valence-corrected chi connectivity index (χ2v) is 8.94. The summed E-state index contributed by atoms with van der Waals surface area (Å²) < 4.78 is 12.5. The Bertz CT molecular complexity index is 699. The van der Waals surface area contributed by atoms with Crippen LogP contribution in [0.5, 0.6) is 0 Å². The minimum atomic E-state index is -0.901. The molecule has 0 bridgehead atoms. The number of rotatable bonds is 6. The van der Waals surface area contributed by atoms with E-state index in [1.165, 1.54) is 6.07 Å². The van der Waals surface area contributed by atoms with Crippen LogP contribution in [0, 0.1) is 10.1 Å². The molecule has 0 aliphatic carbocycles. The quantitative estimate of drug-likeness (QED) is 0.514. The van der Waals surface area contributed by atoms with Crippen LogP contribution in [0.3, 0.4) is 0 Å². The van der Waals surface area contributed by atoms with Gasteiger partial charge in [0.25, 0.3) is 0 Å². The molecule has 0 unspecified atom stereocenters. The summed E-state index contributed by atoms with van der Waals surface area (Å²) in [7, 11) is 0. The predicted molar refractivity (Wildman–Crippen MR) is 98.5 cm³/mol. The van der Waals surface area contributed by atoms with Gasteiger partial charge in [-0.25, -0.2) is 4.98 Å². The largest absolute Gasteiger partial charge is 0.390 e. The van der Waals surface area contributed by atoms with Crippen molar-refractivity contribution in [3.63, 3.8) is 0 Å². The summed E-state index contributed by atoms with van der Waals surface area (Å²) in [4.78, 5) is 12.9. The Labute approximate surface area is 159 Å². The first-order valence-electron chi connectivity index (χ1n) is 9.51. The van der Waals surface area contributed by atoms with Crippen LogP contribution in [0.15, 0.2) is 12.3 Å². The van der Waals surface area contributed by atoms with Crippen molar-refractivity contribution in [3.8, 4) is 0 Å². The van der Waals surface area contributed by atoms with Gasteiger partial charge in [-0.2, -0.15) is 0 Å². The average molecular weight is 382 g/mol. The smallest absolute Gasteiger partial charge is 0.321 e. The molecule has 8 heteroatoms. The Balaban J connectivity index is 1.64. The minimum absolute atomic E-state index is 0.0860. The number of ether oxygens (including phenoxy) is 2. The number of H-pyrrole nitrogens is 1. The maximum absolute atomic E-state index is 10.8. The van der Waals surface area contributed by atoms with E-state index in [4.69, 9.17) is 9.47 Å². The zero-order chi connectivity index (χ0) is 20.0. The van der Waals surface area contributed by atoms with E-state index < -0.39 is 27.8 Å². The molecule has 3 rings (SSSR count). The number of hydrogen-bond donors (Lipinski definition) is 3. The molecule has 2 saturated heterocycles. The molecule has 2 aliphatic rings. The number of aromatic nitrogens is 1. The predicted octanol–water partition coefficient (Wildman–Crippen LogP) is 2.47. The average Bonchev–Trinajstić information content (AvgIpc) is 3.26. The van der Waals surface area contributed by atoms with E-state index in [0.29, 0.717) is 12.0 Å². The molecule has 0 radical (unpaired) electrons. The van der Waals surface area contributed by atoms with Crippen LogP contribution in [0.4, 0.5) is 5.82 Å². The normalized spacial score (nSPS) is 35.5. The number of hydrogen-bond acceptors (Lipinski definition) is 6. The Morgan fingerprint density at radius 3 is 2.63 bits per heavy atom. The lowest BCUT2D eigenvalue weighted by Gasteiger charge is -2.36. The summed E-state index contributed by atoms with van der Waals surface area (Å²) in [6, 6.07) is 1.44. The van der Waals surface area contributed by atoms with Gasteiger partial charge in [0, 0.05) is 18.1 Å². The lowest BCUT2D eigenvalue weighted by molar-refractivity contribution is -0.389. The van der Waals surface area contributed by atoms with Crippen molar-refractivity contribution in [3.05, 3.63) is 27.9 Å². The van der Waals surface area contributed by atoms with Gasteiger partial charge in [0.05, 0.1) is 41.3 Å². The highest BCUT2D eigenvalue weighted by Gasteiger charge is 2.53. The number of nitro groups is 1.